The smallest absolute Gasteiger partial charge is 0.165 e. The van der Waals surface area contributed by atoms with Gasteiger partial charge in [-0.15, -0.1) is 0 Å². The van der Waals surface area contributed by atoms with Crippen LogP contribution in [0.3, 0.4) is 0 Å². The molecule has 228 valence electrons. The SMILES string of the molecule is Cc1cc(C)c(-[n+]2cc(-c3cc(C(C)(C)C)cc(C(C)(C)C)c3)cc(-c3cc(C(C)(C)C)cc(C(C)(C)C)c3)c2)c(C)c1. The molecular formula is C42H56N+. The molecule has 4 aromatic rings. The van der Waals surface area contributed by atoms with E-state index in [1.54, 1.807) is 0 Å². The van der Waals surface area contributed by atoms with Gasteiger partial charge in [-0.3, -0.25) is 0 Å². The lowest BCUT2D eigenvalue weighted by atomic mass is 9.78. The molecule has 0 aliphatic carbocycles. The fraction of sp³-hybridized carbons (Fsp3) is 0.452. The molecule has 0 N–H and O–H groups in total. The van der Waals surface area contributed by atoms with Crippen LogP contribution in [-0.2, 0) is 21.7 Å². The third-order valence-electron chi connectivity index (χ3n) is 8.76. The molecule has 0 aliphatic rings. The number of aryl methyl sites for hydroxylation is 3. The Morgan fingerprint density at radius 2 is 0.674 bits per heavy atom. The topological polar surface area (TPSA) is 3.88 Å². The van der Waals surface area contributed by atoms with Gasteiger partial charge < -0.3 is 0 Å². The van der Waals surface area contributed by atoms with Crippen LogP contribution in [0.25, 0.3) is 27.9 Å². The second-order valence-corrected chi connectivity index (χ2v) is 17.1. The summed E-state index contributed by atoms with van der Waals surface area (Å²) < 4.78 is 2.38. The zero-order valence-corrected chi connectivity index (χ0v) is 29.8. The molecule has 0 unspecified atom stereocenters. The Kier molecular flexibility index (Phi) is 8.42. The molecule has 0 fully saturated rings. The lowest BCUT2D eigenvalue weighted by Crippen LogP contribution is -2.32. The number of benzene rings is 3. The van der Waals surface area contributed by atoms with E-state index in [2.05, 4.69) is 175 Å². The van der Waals surface area contributed by atoms with E-state index in [0.717, 1.165) is 0 Å². The van der Waals surface area contributed by atoms with E-state index < -0.39 is 0 Å². The summed E-state index contributed by atoms with van der Waals surface area (Å²) in [5.41, 5.74) is 15.9. The number of rotatable bonds is 3. The maximum Gasteiger partial charge on any atom is 0.216 e. The minimum absolute atomic E-state index is 0.0520. The van der Waals surface area contributed by atoms with Crippen LogP contribution < -0.4 is 4.57 Å². The number of hydrogen-bond donors (Lipinski definition) is 0. The summed E-state index contributed by atoms with van der Waals surface area (Å²) in [6.45, 7) is 34.5. The Hall–Kier alpha value is -3.19. The summed E-state index contributed by atoms with van der Waals surface area (Å²) in [6.07, 6.45) is 4.70. The summed E-state index contributed by atoms with van der Waals surface area (Å²) in [5, 5.41) is 0. The highest BCUT2D eigenvalue weighted by atomic mass is 14.9. The van der Waals surface area contributed by atoms with Gasteiger partial charge in [-0.1, -0.05) is 125 Å². The fourth-order valence-corrected chi connectivity index (χ4v) is 5.92. The lowest BCUT2D eigenvalue weighted by Gasteiger charge is -2.27. The highest BCUT2D eigenvalue weighted by molar-refractivity contribution is 5.73. The van der Waals surface area contributed by atoms with Crippen molar-refractivity contribution >= 4 is 0 Å². The molecule has 0 aliphatic heterocycles. The standard InChI is InChI=1S/C42H56N/c1-27-16-28(2)38(29(3)17-27)43-25-32(30-19-34(39(4,5)6)23-35(20-30)40(7,8)9)18-33(26-43)31-21-36(41(10,11)12)24-37(22-31)42(13,14)15/h16-26H,1-15H3/q+1. The third-order valence-corrected chi connectivity index (χ3v) is 8.76. The number of pyridine rings is 1. The van der Waals surface area contributed by atoms with Crippen LogP contribution in [-0.4, -0.2) is 0 Å². The van der Waals surface area contributed by atoms with Crippen molar-refractivity contribution in [2.75, 3.05) is 0 Å². The molecule has 1 heterocycles. The van der Waals surface area contributed by atoms with E-state index in [9.17, 15) is 0 Å². The third kappa shape index (κ3) is 7.31. The summed E-state index contributed by atoms with van der Waals surface area (Å²) in [7, 11) is 0. The fourth-order valence-electron chi connectivity index (χ4n) is 5.92. The quantitative estimate of drug-likeness (QED) is 0.214. The van der Waals surface area contributed by atoms with E-state index in [4.69, 9.17) is 0 Å². The molecular weight excluding hydrogens is 518 g/mol. The number of hydrogen-bond acceptors (Lipinski definition) is 0. The largest absolute Gasteiger partial charge is 0.216 e. The van der Waals surface area contributed by atoms with Gasteiger partial charge in [0.25, 0.3) is 0 Å². The van der Waals surface area contributed by atoms with Crippen molar-refractivity contribution in [3.63, 3.8) is 0 Å². The van der Waals surface area contributed by atoms with Gasteiger partial charge in [0.05, 0.1) is 0 Å². The first-order valence-electron chi connectivity index (χ1n) is 16.0. The predicted octanol–water partition coefficient (Wildman–Crippen LogP) is 11.4. The summed E-state index contributed by atoms with van der Waals surface area (Å²) in [6, 6.07) is 21.5. The average Bonchev–Trinajstić information content (AvgIpc) is 2.85. The van der Waals surface area contributed by atoms with E-state index in [1.165, 1.54) is 66.9 Å². The highest BCUT2D eigenvalue weighted by Crippen LogP contribution is 2.37. The molecule has 0 bridgehead atoms. The van der Waals surface area contributed by atoms with Gasteiger partial charge in [-0.25, -0.2) is 0 Å². The molecule has 0 spiro atoms. The Morgan fingerprint density at radius 3 is 0.953 bits per heavy atom. The Bertz CT molecular complexity index is 1470. The van der Waals surface area contributed by atoms with E-state index in [-0.39, 0.29) is 21.7 Å². The molecule has 1 aromatic heterocycles. The summed E-state index contributed by atoms with van der Waals surface area (Å²) in [4.78, 5) is 0. The van der Waals surface area contributed by atoms with Gasteiger partial charge in [0, 0.05) is 22.3 Å². The Morgan fingerprint density at radius 1 is 0.372 bits per heavy atom. The van der Waals surface area contributed by atoms with Crippen molar-refractivity contribution in [1.29, 1.82) is 0 Å². The number of aromatic nitrogens is 1. The maximum absolute atomic E-state index is 2.42. The molecule has 4 rings (SSSR count). The van der Waals surface area contributed by atoms with Gasteiger partial charge in [-0.2, -0.15) is 4.57 Å². The van der Waals surface area contributed by atoms with E-state index in [1.807, 2.05) is 0 Å². The summed E-state index contributed by atoms with van der Waals surface area (Å²) in [5.74, 6) is 0. The van der Waals surface area contributed by atoms with Crippen LogP contribution in [0.1, 0.15) is 122 Å². The van der Waals surface area contributed by atoms with Crippen LogP contribution in [0.15, 0.2) is 67.0 Å². The zero-order valence-electron chi connectivity index (χ0n) is 29.8. The van der Waals surface area contributed by atoms with Gasteiger partial charge in [-0.05, 0) is 94.0 Å². The van der Waals surface area contributed by atoms with Crippen molar-refractivity contribution in [1.82, 2.24) is 0 Å². The second kappa shape index (κ2) is 11.1. The predicted molar refractivity (Wildman–Crippen MR) is 188 cm³/mol. The van der Waals surface area contributed by atoms with Crippen LogP contribution >= 0.6 is 0 Å². The minimum atomic E-state index is 0.0520. The molecule has 0 atom stereocenters. The average molecular weight is 575 g/mol. The van der Waals surface area contributed by atoms with Crippen LogP contribution in [0.4, 0.5) is 0 Å². The minimum Gasteiger partial charge on any atom is -0.165 e. The molecule has 3 aromatic carbocycles. The van der Waals surface area contributed by atoms with Crippen LogP contribution in [0.2, 0.25) is 0 Å². The first kappa shape index (κ1) is 32.7. The van der Waals surface area contributed by atoms with Crippen LogP contribution in [0.5, 0.6) is 0 Å². The van der Waals surface area contributed by atoms with Crippen molar-refractivity contribution in [2.24, 2.45) is 0 Å². The van der Waals surface area contributed by atoms with E-state index >= 15 is 0 Å². The monoisotopic (exact) mass is 574 g/mol. The second-order valence-electron chi connectivity index (χ2n) is 17.1. The van der Waals surface area contributed by atoms with Gasteiger partial charge >= 0.3 is 0 Å². The molecule has 43 heavy (non-hydrogen) atoms. The highest BCUT2D eigenvalue weighted by Gasteiger charge is 2.25. The Labute approximate surface area is 263 Å². The van der Waals surface area contributed by atoms with E-state index in [0.29, 0.717) is 0 Å². The lowest BCUT2D eigenvalue weighted by molar-refractivity contribution is -0.595. The Balaban J connectivity index is 2.12. The molecule has 0 saturated carbocycles. The molecule has 0 radical (unpaired) electrons. The summed E-state index contributed by atoms with van der Waals surface area (Å²) >= 11 is 0. The van der Waals surface area contributed by atoms with Crippen molar-refractivity contribution in [3.8, 4) is 27.9 Å². The first-order chi connectivity index (χ1) is 19.5. The van der Waals surface area contributed by atoms with Crippen molar-refractivity contribution < 1.29 is 4.57 Å². The van der Waals surface area contributed by atoms with Gasteiger partial charge in [0.15, 0.2) is 12.4 Å². The van der Waals surface area contributed by atoms with Crippen molar-refractivity contribution in [3.05, 3.63) is 106 Å². The van der Waals surface area contributed by atoms with Crippen LogP contribution in [0, 0.1) is 20.8 Å². The molecule has 0 saturated heterocycles. The zero-order chi connectivity index (χ0) is 32.3. The maximum atomic E-state index is 2.42. The number of nitrogens with zero attached hydrogens (tertiary/aromatic N) is 1. The van der Waals surface area contributed by atoms with Gasteiger partial charge in [0.2, 0.25) is 5.69 Å². The molecule has 1 heteroatoms. The first-order valence-corrected chi connectivity index (χ1v) is 16.0. The van der Waals surface area contributed by atoms with Crippen molar-refractivity contribution in [2.45, 2.75) is 126 Å². The molecule has 0 amide bonds. The molecule has 1 nitrogen and oxygen atoms in total. The van der Waals surface area contributed by atoms with Gasteiger partial charge in [0.1, 0.15) is 0 Å². The normalized spacial score (nSPS) is 13.0.